The van der Waals surface area contributed by atoms with Gasteiger partial charge in [0.05, 0.1) is 95.3 Å². The highest BCUT2D eigenvalue weighted by atomic mass is 35.7. The van der Waals surface area contributed by atoms with E-state index in [1.54, 1.807) is 18.2 Å². The van der Waals surface area contributed by atoms with Crippen LogP contribution in [0.25, 0.3) is 0 Å². The molecule has 0 radical (unpaired) electrons. The fourth-order valence-electron chi connectivity index (χ4n) is 7.85. The summed E-state index contributed by atoms with van der Waals surface area (Å²) in [5.74, 6) is 2.85. The van der Waals surface area contributed by atoms with Crippen LogP contribution in [0.15, 0.2) is 155 Å². The van der Waals surface area contributed by atoms with Gasteiger partial charge in [-0.2, -0.15) is 0 Å². The Labute approximate surface area is 391 Å². The van der Waals surface area contributed by atoms with Gasteiger partial charge in [-0.05, 0) is 84.9 Å². The molecule has 10 rings (SSSR count). The van der Waals surface area contributed by atoms with Crippen LogP contribution in [0.5, 0.6) is 23.0 Å². The quantitative estimate of drug-likeness (QED) is 0.118. The maximum Gasteiger partial charge on any atom is 0.261 e. The fraction of sp³-hybridized carbons (Fsp3) is 0.217. The van der Waals surface area contributed by atoms with Crippen molar-refractivity contribution in [2.75, 3.05) is 36.2 Å². The number of halogens is 3. The van der Waals surface area contributed by atoms with Gasteiger partial charge in [0.2, 0.25) is 10.0 Å². The standard InChI is InChI=1S/C23H21ClN2O5S.C17H18N2O3.C6H4Cl2O2S/c24-15-6-5-7-16(12-15)32(28,29)25-17-13-30-14-20(23(17)27)26-18-8-1-3-10-21(18)31-22-11-4-2-9-19(22)26;18-11-9-21-10-14(17(11)20)19-12-5-1-3-7-15(12)22-16-8-4-2-6-13(16)19;7-5-2-1-3-6(4-5)11(8,9)10/h1-12,17,20,23,25,27H,13-14H2;1-8,11,14,17,20H,9-10,18H2;1-4H/t17-,20+,23+;11-,14+,17+;/m11./s1. The Kier molecular flexibility index (Phi) is 14.2. The van der Waals surface area contributed by atoms with Crippen LogP contribution in [0.3, 0.4) is 0 Å². The van der Waals surface area contributed by atoms with E-state index in [1.807, 2.05) is 102 Å². The number of nitrogens with two attached hydrogens (primary N) is 1. The molecule has 340 valence electrons. The second-order valence-corrected chi connectivity index (χ2v) is 20.4. The van der Waals surface area contributed by atoms with Crippen molar-refractivity contribution in [1.29, 1.82) is 0 Å². The number of rotatable bonds is 6. The van der Waals surface area contributed by atoms with Crippen LogP contribution in [0.4, 0.5) is 22.7 Å². The third-order valence-corrected chi connectivity index (χ3v) is 14.2. The number of fused-ring (bicyclic) bond motifs is 4. The number of hydrogen-bond acceptors (Lipinski definition) is 13. The number of anilines is 4. The maximum atomic E-state index is 12.9. The van der Waals surface area contributed by atoms with Crippen molar-refractivity contribution < 1.29 is 46.0 Å². The minimum Gasteiger partial charge on any atom is -0.453 e. The van der Waals surface area contributed by atoms with Gasteiger partial charge in [-0.25, -0.2) is 21.6 Å². The van der Waals surface area contributed by atoms with Crippen molar-refractivity contribution in [2.24, 2.45) is 5.73 Å². The van der Waals surface area contributed by atoms with Crippen molar-refractivity contribution in [3.63, 3.8) is 0 Å². The van der Waals surface area contributed by atoms with E-state index in [4.69, 9.17) is 58.6 Å². The van der Waals surface area contributed by atoms with Gasteiger partial charge in [0, 0.05) is 20.7 Å². The van der Waals surface area contributed by atoms with Gasteiger partial charge < -0.3 is 44.7 Å². The molecule has 2 fully saturated rings. The molecule has 4 heterocycles. The van der Waals surface area contributed by atoms with E-state index in [0.29, 0.717) is 34.8 Å². The normalized spacial score (nSPS) is 22.1. The first-order chi connectivity index (χ1) is 31.2. The molecule has 0 bridgehead atoms. The molecule has 14 nitrogen and oxygen atoms in total. The maximum absolute atomic E-state index is 12.9. The van der Waals surface area contributed by atoms with E-state index < -0.39 is 43.4 Å². The molecule has 0 unspecified atom stereocenters. The van der Waals surface area contributed by atoms with Gasteiger partial charge in [-0.1, -0.05) is 83.9 Å². The van der Waals surface area contributed by atoms with Crippen LogP contribution in [0.1, 0.15) is 0 Å². The number of nitrogens with one attached hydrogen (secondary N) is 1. The van der Waals surface area contributed by atoms with Crippen LogP contribution in [-0.2, 0) is 28.5 Å². The van der Waals surface area contributed by atoms with Crippen molar-refractivity contribution in [3.8, 4) is 23.0 Å². The number of aliphatic hydroxyl groups is 2. The molecular formula is C46H43Cl3N4O10S2. The Morgan fingerprint density at radius 1 is 0.538 bits per heavy atom. The molecule has 6 aromatic rings. The minimum atomic E-state index is -3.91. The summed E-state index contributed by atoms with van der Waals surface area (Å²) in [6.45, 7) is 1.08. The number of sulfonamides is 1. The SMILES string of the molecule is N[C@@H]1COC[C@H](N2c3ccccc3Oc3ccccc32)[C@H]1O.O=S(=O)(Cl)c1cccc(Cl)c1.O=S(=O)(N[C@@H]1COC[C@H](N2c3ccccc3Oc3ccccc32)[C@H]1O)c1cccc(Cl)c1. The average Bonchev–Trinajstić information content (AvgIpc) is 3.29. The summed E-state index contributed by atoms with van der Waals surface area (Å²) >= 11 is 11.5. The molecule has 0 aliphatic carbocycles. The second-order valence-electron chi connectivity index (χ2n) is 15.3. The summed E-state index contributed by atoms with van der Waals surface area (Å²) in [6, 6.07) is 40.4. The van der Waals surface area contributed by atoms with Gasteiger partial charge in [-0.3, -0.25) is 0 Å². The fourth-order valence-corrected chi connectivity index (χ4v) is 10.4. The van der Waals surface area contributed by atoms with Crippen molar-refractivity contribution >= 4 is 75.7 Å². The molecule has 2 saturated heterocycles. The summed E-state index contributed by atoms with van der Waals surface area (Å²) in [5.41, 5.74) is 9.37. The van der Waals surface area contributed by atoms with E-state index in [9.17, 15) is 27.0 Å². The summed E-state index contributed by atoms with van der Waals surface area (Å²) in [7, 11) is -2.50. The molecule has 6 atom stereocenters. The summed E-state index contributed by atoms with van der Waals surface area (Å²) in [4.78, 5) is 4.09. The molecule has 4 aliphatic heterocycles. The molecule has 65 heavy (non-hydrogen) atoms. The predicted molar refractivity (Wildman–Crippen MR) is 249 cm³/mol. The number of para-hydroxylation sites is 8. The van der Waals surface area contributed by atoms with Crippen LogP contribution in [0.2, 0.25) is 10.0 Å². The first-order valence-electron chi connectivity index (χ1n) is 20.3. The number of ether oxygens (including phenoxy) is 4. The Hall–Kier alpha value is -4.95. The Morgan fingerprint density at radius 3 is 1.37 bits per heavy atom. The smallest absolute Gasteiger partial charge is 0.261 e. The zero-order valence-electron chi connectivity index (χ0n) is 34.2. The Bertz CT molecular complexity index is 2790. The highest BCUT2D eigenvalue weighted by molar-refractivity contribution is 8.13. The highest BCUT2D eigenvalue weighted by Crippen LogP contribution is 2.49. The summed E-state index contributed by atoms with van der Waals surface area (Å²) < 4.78 is 73.1. The molecular weight excluding hydrogens is 939 g/mol. The molecule has 0 amide bonds. The predicted octanol–water partition coefficient (Wildman–Crippen LogP) is 7.98. The monoisotopic (exact) mass is 980 g/mol. The van der Waals surface area contributed by atoms with Crippen molar-refractivity contribution in [3.05, 3.63) is 156 Å². The molecule has 19 heteroatoms. The number of aliphatic hydroxyl groups excluding tert-OH is 2. The molecule has 4 aliphatic rings. The highest BCUT2D eigenvalue weighted by Gasteiger charge is 2.42. The molecule has 0 aromatic heterocycles. The number of hydrogen-bond donors (Lipinski definition) is 4. The topological polar surface area (TPSA) is 190 Å². The first-order valence-corrected chi connectivity index (χ1v) is 24.8. The Morgan fingerprint density at radius 2 is 0.938 bits per heavy atom. The van der Waals surface area contributed by atoms with E-state index in [0.717, 1.165) is 34.2 Å². The third-order valence-electron chi connectivity index (χ3n) is 10.9. The first kappa shape index (κ1) is 46.6. The van der Waals surface area contributed by atoms with Gasteiger partial charge in [0.25, 0.3) is 9.05 Å². The largest absolute Gasteiger partial charge is 0.453 e. The Balaban J connectivity index is 0.000000150. The van der Waals surface area contributed by atoms with Crippen molar-refractivity contribution in [1.82, 2.24) is 4.72 Å². The lowest BCUT2D eigenvalue weighted by Crippen LogP contribution is -2.60. The average molecular weight is 982 g/mol. The number of nitrogens with zero attached hydrogens (tertiary/aromatic N) is 2. The zero-order chi connectivity index (χ0) is 45.9. The summed E-state index contributed by atoms with van der Waals surface area (Å²) in [6.07, 6.45) is -1.70. The lowest BCUT2D eigenvalue weighted by Gasteiger charge is -2.44. The lowest BCUT2D eigenvalue weighted by atomic mass is 9.98. The van der Waals surface area contributed by atoms with Gasteiger partial charge in [0.15, 0.2) is 23.0 Å². The zero-order valence-corrected chi connectivity index (χ0v) is 38.1. The van der Waals surface area contributed by atoms with Crippen LogP contribution in [0, 0.1) is 0 Å². The molecule has 0 saturated carbocycles. The van der Waals surface area contributed by atoms with Gasteiger partial charge in [0.1, 0.15) is 0 Å². The number of benzene rings is 6. The summed E-state index contributed by atoms with van der Waals surface area (Å²) in [5, 5.41) is 22.5. The van der Waals surface area contributed by atoms with Crippen LogP contribution < -0.4 is 29.7 Å². The van der Waals surface area contributed by atoms with E-state index in [1.165, 1.54) is 30.3 Å². The lowest BCUT2D eigenvalue weighted by molar-refractivity contribution is -0.0244. The van der Waals surface area contributed by atoms with Crippen LogP contribution >= 0.6 is 33.9 Å². The van der Waals surface area contributed by atoms with E-state index in [-0.39, 0.29) is 35.1 Å². The van der Waals surface area contributed by atoms with Gasteiger partial charge in [-0.15, -0.1) is 0 Å². The third kappa shape index (κ3) is 10.4. The molecule has 5 N–H and O–H groups in total. The molecule has 0 spiro atoms. The minimum absolute atomic E-state index is 0.0201. The van der Waals surface area contributed by atoms with E-state index in [2.05, 4.69) is 9.62 Å². The van der Waals surface area contributed by atoms with E-state index >= 15 is 0 Å². The van der Waals surface area contributed by atoms with Crippen LogP contribution in [-0.4, -0.2) is 89.9 Å². The van der Waals surface area contributed by atoms with Crippen molar-refractivity contribution in [2.45, 2.75) is 46.2 Å². The molecule has 6 aromatic carbocycles. The van der Waals surface area contributed by atoms with Gasteiger partial charge >= 0.3 is 0 Å². The second kappa shape index (κ2) is 19.9.